The number of nitriles is 1. The molecule has 0 aliphatic carbocycles. The minimum absolute atomic E-state index is 0.168. The maximum Gasteiger partial charge on any atom is 0.305 e. The summed E-state index contributed by atoms with van der Waals surface area (Å²) in [7, 11) is 0. The highest BCUT2D eigenvalue weighted by molar-refractivity contribution is 9.10. The molecule has 0 amide bonds. The first-order valence-electron chi connectivity index (χ1n) is 5.76. The summed E-state index contributed by atoms with van der Waals surface area (Å²) in [6.07, 6.45) is 1.13. The van der Waals surface area contributed by atoms with Gasteiger partial charge < -0.3 is 10.1 Å². The van der Waals surface area contributed by atoms with Gasteiger partial charge in [-0.05, 0) is 47.5 Å². The Hall–Kier alpha value is -1.54. The molecule has 0 fully saturated rings. The van der Waals surface area contributed by atoms with Crippen LogP contribution in [-0.4, -0.2) is 19.1 Å². The molecule has 1 aromatic rings. The molecule has 1 rings (SSSR count). The van der Waals surface area contributed by atoms with Crippen LogP contribution in [-0.2, 0) is 9.53 Å². The van der Waals surface area contributed by atoms with Crippen LogP contribution in [0.1, 0.15) is 25.3 Å². The van der Waals surface area contributed by atoms with Crippen LogP contribution in [0.3, 0.4) is 0 Å². The number of carbonyl (C=O) groups excluding carboxylic acids is 1. The summed E-state index contributed by atoms with van der Waals surface area (Å²) in [5.74, 6) is -0.168. The second-order valence-electron chi connectivity index (χ2n) is 3.64. The maximum atomic E-state index is 11.1. The van der Waals surface area contributed by atoms with Gasteiger partial charge in [0, 0.05) is 23.1 Å². The number of nitrogens with zero attached hydrogens (tertiary/aromatic N) is 1. The van der Waals surface area contributed by atoms with Crippen molar-refractivity contribution < 1.29 is 9.53 Å². The normalized spacial score (nSPS) is 9.61. The molecule has 0 saturated heterocycles. The number of carbonyl (C=O) groups is 1. The Morgan fingerprint density at radius 2 is 2.33 bits per heavy atom. The highest BCUT2D eigenvalue weighted by atomic mass is 79.9. The summed E-state index contributed by atoms with van der Waals surface area (Å²) in [6.45, 7) is 2.90. The molecule has 96 valence electrons. The minimum Gasteiger partial charge on any atom is -0.466 e. The van der Waals surface area contributed by atoms with E-state index in [1.165, 1.54) is 0 Å². The van der Waals surface area contributed by atoms with Gasteiger partial charge >= 0.3 is 5.97 Å². The fraction of sp³-hybridized carbons (Fsp3) is 0.385. The van der Waals surface area contributed by atoms with Gasteiger partial charge in [0.15, 0.2) is 0 Å². The summed E-state index contributed by atoms with van der Waals surface area (Å²) in [4.78, 5) is 11.1. The van der Waals surface area contributed by atoms with Gasteiger partial charge in [0.25, 0.3) is 0 Å². The third-order valence-electron chi connectivity index (χ3n) is 2.28. The summed E-state index contributed by atoms with van der Waals surface area (Å²) >= 11 is 3.39. The summed E-state index contributed by atoms with van der Waals surface area (Å²) < 4.78 is 5.68. The van der Waals surface area contributed by atoms with Gasteiger partial charge in [-0.3, -0.25) is 4.79 Å². The number of benzene rings is 1. The summed E-state index contributed by atoms with van der Waals surface area (Å²) in [5, 5.41) is 11.9. The lowest BCUT2D eigenvalue weighted by atomic mass is 10.2. The van der Waals surface area contributed by atoms with E-state index in [9.17, 15) is 4.79 Å². The smallest absolute Gasteiger partial charge is 0.305 e. The molecule has 0 atom stereocenters. The van der Waals surface area contributed by atoms with Gasteiger partial charge in [-0.15, -0.1) is 0 Å². The fourth-order valence-electron chi connectivity index (χ4n) is 1.42. The van der Waals surface area contributed by atoms with Crippen molar-refractivity contribution in [2.75, 3.05) is 18.5 Å². The van der Waals surface area contributed by atoms with Gasteiger partial charge in [-0.1, -0.05) is 0 Å². The molecule has 0 aliphatic rings. The van der Waals surface area contributed by atoms with E-state index < -0.39 is 0 Å². The van der Waals surface area contributed by atoms with Crippen molar-refractivity contribution in [3.63, 3.8) is 0 Å². The third kappa shape index (κ3) is 4.76. The summed E-state index contributed by atoms with van der Waals surface area (Å²) in [5.41, 5.74) is 1.52. The maximum absolute atomic E-state index is 11.1. The van der Waals surface area contributed by atoms with Crippen LogP contribution in [0.5, 0.6) is 0 Å². The van der Waals surface area contributed by atoms with Crippen LogP contribution >= 0.6 is 15.9 Å². The number of anilines is 1. The van der Waals surface area contributed by atoms with Crippen molar-refractivity contribution >= 4 is 27.6 Å². The van der Waals surface area contributed by atoms with E-state index >= 15 is 0 Å². The molecule has 0 heterocycles. The molecule has 0 spiro atoms. The topological polar surface area (TPSA) is 62.1 Å². The van der Waals surface area contributed by atoms with Crippen LogP contribution in [0.2, 0.25) is 0 Å². The zero-order chi connectivity index (χ0) is 13.4. The third-order valence-corrected chi connectivity index (χ3v) is 2.93. The van der Waals surface area contributed by atoms with Crippen molar-refractivity contribution in [2.45, 2.75) is 19.8 Å². The van der Waals surface area contributed by atoms with Crippen LogP contribution in [0.4, 0.5) is 5.69 Å². The van der Waals surface area contributed by atoms with Gasteiger partial charge in [0.2, 0.25) is 0 Å². The standard InChI is InChI=1S/C13H15BrN2O2/c1-2-18-13(17)4-3-7-16-12-6-5-10(9-15)8-11(12)14/h5-6,8,16H,2-4,7H2,1H3. The number of nitrogens with one attached hydrogen (secondary N) is 1. The largest absolute Gasteiger partial charge is 0.466 e. The van der Waals surface area contributed by atoms with Crippen LogP contribution in [0, 0.1) is 11.3 Å². The lowest BCUT2D eigenvalue weighted by Crippen LogP contribution is -2.08. The van der Waals surface area contributed by atoms with E-state index in [2.05, 4.69) is 27.3 Å². The SMILES string of the molecule is CCOC(=O)CCCNc1ccc(C#N)cc1Br. The van der Waals surface area contributed by atoms with Crippen molar-refractivity contribution in [1.82, 2.24) is 0 Å². The van der Waals surface area contributed by atoms with Gasteiger partial charge in [-0.25, -0.2) is 0 Å². The van der Waals surface area contributed by atoms with Crippen LogP contribution < -0.4 is 5.32 Å². The lowest BCUT2D eigenvalue weighted by Gasteiger charge is -2.08. The van der Waals surface area contributed by atoms with Crippen molar-refractivity contribution in [3.05, 3.63) is 28.2 Å². The van der Waals surface area contributed by atoms with Crippen molar-refractivity contribution in [1.29, 1.82) is 5.26 Å². The van der Waals surface area contributed by atoms with Gasteiger partial charge in [0.1, 0.15) is 0 Å². The Morgan fingerprint density at radius 3 is 2.94 bits per heavy atom. The van der Waals surface area contributed by atoms with Crippen LogP contribution in [0.25, 0.3) is 0 Å². The Balaban J connectivity index is 2.36. The molecular formula is C13H15BrN2O2. The molecule has 5 heteroatoms. The van der Waals surface area contributed by atoms with Crippen LogP contribution in [0.15, 0.2) is 22.7 Å². The number of rotatable bonds is 6. The van der Waals surface area contributed by atoms with E-state index in [0.29, 0.717) is 31.6 Å². The monoisotopic (exact) mass is 310 g/mol. The van der Waals surface area contributed by atoms with E-state index in [-0.39, 0.29) is 5.97 Å². The average molecular weight is 311 g/mol. The van der Waals surface area contributed by atoms with Crippen molar-refractivity contribution in [3.8, 4) is 6.07 Å². The molecule has 0 aliphatic heterocycles. The Labute approximate surface area is 115 Å². The molecular weight excluding hydrogens is 296 g/mol. The number of ether oxygens (including phenoxy) is 1. The molecule has 0 saturated carbocycles. The average Bonchev–Trinajstić information content (AvgIpc) is 2.36. The quantitative estimate of drug-likeness (QED) is 0.648. The molecule has 1 aromatic carbocycles. The number of halogens is 1. The number of hydrogen-bond donors (Lipinski definition) is 1. The first kappa shape index (κ1) is 14.5. The van der Waals surface area contributed by atoms with E-state index in [1.807, 2.05) is 6.07 Å². The second-order valence-corrected chi connectivity index (χ2v) is 4.50. The second kappa shape index (κ2) is 7.72. The highest BCUT2D eigenvalue weighted by Crippen LogP contribution is 2.23. The van der Waals surface area contributed by atoms with Gasteiger partial charge in [0.05, 0.1) is 18.2 Å². The van der Waals surface area contributed by atoms with E-state index in [0.717, 1.165) is 10.2 Å². The number of esters is 1. The minimum atomic E-state index is -0.168. The Bertz CT molecular complexity index is 455. The molecule has 0 radical (unpaired) electrons. The summed E-state index contributed by atoms with van der Waals surface area (Å²) in [6, 6.07) is 7.42. The predicted octanol–water partition coefficient (Wildman–Crippen LogP) is 3.08. The van der Waals surface area contributed by atoms with Crippen molar-refractivity contribution in [2.24, 2.45) is 0 Å². The highest BCUT2D eigenvalue weighted by Gasteiger charge is 2.03. The van der Waals surface area contributed by atoms with E-state index in [4.69, 9.17) is 10.00 Å². The molecule has 4 nitrogen and oxygen atoms in total. The fourth-order valence-corrected chi connectivity index (χ4v) is 1.94. The molecule has 0 bridgehead atoms. The first-order valence-corrected chi connectivity index (χ1v) is 6.55. The zero-order valence-corrected chi connectivity index (χ0v) is 11.8. The zero-order valence-electron chi connectivity index (χ0n) is 10.2. The molecule has 0 aromatic heterocycles. The predicted molar refractivity (Wildman–Crippen MR) is 73.2 cm³/mol. The molecule has 0 unspecified atom stereocenters. The first-order chi connectivity index (χ1) is 8.67. The molecule has 1 N–H and O–H groups in total. The Kier molecular flexibility index (Phi) is 6.23. The van der Waals surface area contributed by atoms with E-state index in [1.54, 1.807) is 19.1 Å². The Morgan fingerprint density at radius 1 is 1.56 bits per heavy atom. The number of hydrogen-bond acceptors (Lipinski definition) is 4. The lowest BCUT2D eigenvalue weighted by molar-refractivity contribution is -0.143. The van der Waals surface area contributed by atoms with Gasteiger partial charge in [-0.2, -0.15) is 5.26 Å². The molecule has 18 heavy (non-hydrogen) atoms.